The fourth-order valence-corrected chi connectivity index (χ4v) is 4.94. The number of carbonyl (C=O) groups is 2. The zero-order chi connectivity index (χ0) is 23.6. The number of hydrogen-bond acceptors (Lipinski definition) is 5. The number of para-hydroxylation sites is 1. The van der Waals surface area contributed by atoms with E-state index in [0.717, 1.165) is 16.5 Å². The van der Waals surface area contributed by atoms with E-state index in [-0.39, 0.29) is 28.0 Å². The fraction of sp³-hybridized carbons (Fsp3) is 0.304. The molecule has 1 fully saturated rings. The predicted octanol–water partition coefficient (Wildman–Crippen LogP) is 1.61. The van der Waals surface area contributed by atoms with Gasteiger partial charge in [-0.05, 0) is 36.9 Å². The van der Waals surface area contributed by atoms with Crippen LogP contribution in [-0.2, 0) is 21.2 Å². The number of nitrogens with one attached hydrogen (secondary N) is 2. The first-order chi connectivity index (χ1) is 15.8. The van der Waals surface area contributed by atoms with Crippen molar-refractivity contribution < 1.29 is 22.7 Å². The van der Waals surface area contributed by atoms with Crippen LogP contribution < -0.4 is 9.46 Å². The summed E-state index contributed by atoms with van der Waals surface area (Å²) in [7, 11) is -1.12. The summed E-state index contributed by atoms with van der Waals surface area (Å²) in [5.41, 5.74) is 2.20. The van der Waals surface area contributed by atoms with E-state index < -0.39 is 10.0 Å². The standard InChI is InChI=1S/C23H26N4O5S/c1-24-33(30,31)21-13-16(7-8-20(21)32-2)23(29)27-11-9-26(10-12-27)22(28)14-17-15-25-19-6-4-3-5-18(17)19/h3-8,13,15,24-25H,9-12,14H2,1-2H3. The maximum atomic E-state index is 13.0. The quantitative estimate of drug-likeness (QED) is 0.569. The van der Waals surface area contributed by atoms with Gasteiger partial charge in [0.1, 0.15) is 10.6 Å². The first kappa shape index (κ1) is 22.8. The molecule has 0 aliphatic carbocycles. The van der Waals surface area contributed by atoms with Crippen molar-refractivity contribution in [2.45, 2.75) is 11.3 Å². The van der Waals surface area contributed by atoms with E-state index in [0.29, 0.717) is 32.6 Å². The summed E-state index contributed by atoms with van der Waals surface area (Å²) in [6, 6.07) is 12.2. The topological polar surface area (TPSA) is 112 Å². The molecule has 3 aromatic rings. The predicted molar refractivity (Wildman–Crippen MR) is 124 cm³/mol. The summed E-state index contributed by atoms with van der Waals surface area (Å²) in [5.74, 6) is -0.110. The highest BCUT2D eigenvalue weighted by atomic mass is 32.2. The van der Waals surface area contributed by atoms with Crippen LogP contribution in [0.5, 0.6) is 5.75 Å². The molecule has 174 valence electrons. The number of amides is 2. The van der Waals surface area contributed by atoms with E-state index in [9.17, 15) is 18.0 Å². The lowest BCUT2D eigenvalue weighted by atomic mass is 10.1. The largest absolute Gasteiger partial charge is 0.495 e. The molecule has 9 nitrogen and oxygen atoms in total. The van der Waals surface area contributed by atoms with Gasteiger partial charge in [0, 0.05) is 48.8 Å². The SMILES string of the molecule is CNS(=O)(=O)c1cc(C(=O)N2CCN(C(=O)Cc3c[nH]c4ccccc34)CC2)ccc1OC. The number of methoxy groups -OCH3 is 1. The molecule has 2 N–H and O–H groups in total. The second-order valence-corrected chi connectivity index (χ2v) is 9.64. The number of aromatic amines is 1. The Morgan fingerprint density at radius 1 is 1.06 bits per heavy atom. The number of piperazine rings is 1. The maximum absolute atomic E-state index is 13.0. The third kappa shape index (κ3) is 4.57. The number of rotatable bonds is 6. The van der Waals surface area contributed by atoms with Gasteiger partial charge >= 0.3 is 0 Å². The molecular weight excluding hydrogens is 444 g/mol. The molecule has 0 saturated carbocycles. The van der Waals surface area contributed by atoms with Gasteiger partial charge in [-0.1, -0.05) is 18.2 Å². The Labute approximate surface area is 192 Å². The number of carbonyl (C=O) groups excluding carboxylic acids is 2. The first-order valence-corrected chi connectivity index (χ1v) is 12.1. The lowest BCUT2D eigenvalue weighted by Crippen LogP contribution is -2.51. The van der Waals surface area contributed by atoms with Crippen molar-refractivity contribution in [1.82, 2.24) is 19.5 Å². The molecule has 2 heterocycles. The third-order valence-corrected chi connectivity index (χ3v) is 7.34. The van der Waals surface area contributed by atoms with Crippen LogP contribution in [0.15, 0.2) is 53.6 Å². The molecule has 4 rings (SSSR count). The van der Waals surface area contributed by atoms with Gasteiger partial charge in [0.05, 0.1) is 13.5 Å². The number of sulfonamides is 1. The number of ether oxygens (including phenoxy) is 1. The van der Waals surface area contributed by atoms with Crippen molar-refractivity contribution in [3.63, 3.8) is 0 Å². The molecule has 1 aliphatic rings. The van der Waals surface area contributed by atoms with E-state index in [1.807, 2.05) is 30.5 Å². The Kier molecular flexibility index (Phi) is 6.39. The summed E-state index contributed by atoms with van der Waals surface area (Å²) in [5, 5.41) is 1.03. The van der Waals surface area contributed by atoms with Gasteiger partial charge in [-0.2, -0.15) is 0 Å². The van der Waals surface area contributed by atoms with E-state index in [1.165, 1.54) is 26.3 Å². The van der Waals surface area contributed by atoms with Crippen LogP contribution in [0.2, 0.25) is 0 Å². The second kappa shape index (κ2) is 9.24. The Balaban J connectivity index is 1.42. The highest BCUT2D eigenvalue weighted by molar-refractivity contribution is 7.89. The van der Waals surface area contributed by atoms with Crippen molar-refractivity contribution in [1.29, 1.82) is 0 Å². The number of fused-ring (bicyclic) bond motifs is 1. The zero-order valence-corrected chi connectivity index (χ0v) is 19.3. The van der Waals surface area contributed by atoms with Crippen LogP contribution >= 0.6 is 0 Å². The molecule has 0 bridgehead atoms. The van der Waals surface area contributed by atoms with Gasteiger partial charge < -0.3 is 19.5 Å². The molecule has 0 atom stereocenters. The molecule has 2 aromatic carbocycles. The summed E-state index contributed by atoms with van der Waals surface area (Å²) >= 11 is 0. The molecule has 0 unspecified atom stereocenters. The molecule has 0 spiro atoms. The van der Waals surface area contributed by atoms with Crippen molar-refractivity contribution in [2.75, 3.05) is 40.3 Å². The Morgan fingerprint density at radius 3 is 2.45 bits per heavy atom. The minimum atomic E-state index is -3.79. The number of benzene rings is 2. The molecule has 2 amide bonds. The van der Waals surface area contributed by atoms with Gasteiger partial charge in [0.2, 0.25) is 15.9 Å². The van der Waals surface area contributed by atoms with Gasteiger partial charge in [-0.15, -0.1) is 0 Å². The lowest BCUT2D eigenvalue weighted by Gasteiger charge is -2.35. The van der Waals surface area contributed by atoms with Gasteiger partial charge in [-0.3, -0.25) is 9.59 Å². The molecule has 33 heavy (non-hydrogen) atoms. The number of nitrogens with zero attached hydrogens (tertiary/aromatic N) is 2. The van der Waals surface area contributed by atoms with Crippen LogP contribution in [0.3, 0.4) is 0 Å². The van der Waals surface area contributed by atoms with Gasteiger partial charge in [0.25, 0.3) is 5.91 Å². The second-order valence-electron chi connectivity index (χ2n) is 7.78. The van der Waals surface area contributed by atoms with Crippen LogP contribution in [0, 0.1) is 0 Å². The number of H-pyrrole nitrogens is 1. The average Bonchev–Trinajstić information content (AvgIpc) is 3.26. The minimum Gasteiger partial charge on any atom is -0.495 e. The van der Waals surface area contributed by atoms with Crippen molar-refractivity contribution in [3.05, 3.63) is 59.8 Å². The highest BCUT2D eigenvalue weighted by Crippen LogP contribution is 2.25. The average molecular weight is 471 g/mol. The maximum Gasteiger partial charge on any atom is 0.254 e. The molecule has 10 heteroatoms. The first-order valence-electron chi connectivity index (χ1n) is 10.6. The van der Waals surface area contributed by atoms with E-state index in [1.54, 1.807) is 15.9 Å². The monoisotopic (exact) mass is 470 g/mol. The Morgan fingerprint density at radius 2 is 1.76 bits per heavy atom. The lowest BCUT2D eigenvalue weighted by molar-refractivity contribution is -0.131. The molecule has 1 aromatic heterocycles. The van der Waals surface area contributed by atoms with Gasteiger partial charge in [-0.25, -0.2) is 13.1 Å². The van der Waals surface area contributed by atoms with E-state index in [2.05, 4.69) is 9.71 Å². The summed E-state index contributed by atoms with van der Waals surface area (Å²) in [6.07, 6.45) is 2.16. The van der Waals surface area contributed by atoms with E-state index >= 15 is 0 Å². The molecular formula is C23H26N4O5S. The number of aromatic nitrogens is 1. The third-order valence-electron chi connectivity index (χ3n) is 5.91. The normalized spacial score (nSPS) is 14.5. The highest BCUT2D eigenvalue weighted by Gasteiger charge is 2.27. The van der Waals surface area contributed by atoms with Crippen molar-refractivity contribution in [2.24, 2.45) is 0 Å². The minimum absolute atomic E-state index is 0.0127. The van der Waals surface area contributed by atoms with E-state index in [4.69, 9.17) is 4.74 Å². The summed E-state index contributed by atoms with van der Waals surface area (Å²) in [6.45, 7) is 1.59. The zero-order valence-electron chi connectivity index (χ0n) is 18.5. The Bertz CT molecular complexity index is 1290. The van der Waals surface area contributed by atoms with Crippen molar-refractivity contribution >= 4 is 32.7 Å². The summed E-state index contributed by atoms with van der Waals surface area (Å²) < 4.78 is 32.0. The fourth-order valence-electron chi connectivity index (χ4n) is 4.02. The summed E-state index contributed by atoms with van der Waals surface area (Å²) in [4.78, 5) is 32.3. The van der Waals surface area contributed by atoms with Crippen LogP contribution in [0.25, 0.3) is 10.9 Å². The van der Waals surface area contributed by atoms with Crippen LogP contribution in [-0.4, -0.2) is 75.4 Å². The molecule has 1 aliphatic heterocycles. The number of hydrogen-bond donors (Lipinski definition) is 2. The molecule has 0 radical (unpaired) electrons. The van der Waals surface area contributed by atoms with Crippen LogP contribution in [0.1, 0.15) is 15.9 Å². The van der Waals surface area contributed by atoms with Gasteiger partial charge in [0.15, 0.2) is 0 Å². The smallest absolute Gasteiger partial charge is 0.254 e. The van der Waals surface area contributed by atoms with Crippen LogP contribution in [0.4, 0.5) is 0 Å². The van der Waals surface area contributed by atoms with Crippen molar-refractivity contribution in [3.8, 4) is 5.75 Å². The molecule has 1 saturated heterocycles. The Hall–Kier alpha value is -3.37.